The lowest BCUT2D eigenvalue weighted by Gasteiger charge is -2.09. The minimum absolute atomic E-state index is 0.110. The molecule has 0 atom stereocenters. The molecule has 0 bridgehead atoms. The number of aromatic nitrogens is 1. The van der Waals surface area contributed by atoms with Crippen LogP contribution in [0.2, 0.25) is 0 Å². The largest absolute Gasteiger partial charge is 0.454 e. The molecule has 27 heavy (non-hydrogen) atoms. The molecule has 0 spiro atoms. The molecule has 6 heteroatoms. The molecule has 136 valence electrons. The minimum Gasteiger partial charge on any atom is -0.454 e. The Labute approximate surface area is 159 Å². The van der Waals surface area contributed by atoms with Crippen LogP contribution in [0, 0.1) is 5.41 Å². The molecule has 1 aromatic carbocycles. The normalized spacial score (nSPS) is 15.1. The van der Waals surface area contributed by atoms with Crippen molar-refractivity contribution in [3.63, 3.8) is 0 Å². The van der Waals surface area contributed by atoms with E-state index in [9.17, 15) is 0 Å². The Balaban J connectivity index is 1.47. The molecule has 1 N–H and O–H groups in total. The van der Waals surface area contributed by atoms with E-state index in [1.54, 1.807) is 17.4 Å². The molecule has 1 aliphatic heterocycles. The first-order valence-corrected chi connectivity index (χ1v) is 9.82. The van der Waals surface area contributed by atoms with E-state index in [1.165, 1.54) is 0 Å². The SMILES string of the molecule is N=c1cc(-c2cc3sccc3cn2)oc2ccc(CCC3OCCO3)cc12. The Kier molecular flexibility index (Phi) is 4.24. The summed E-state index contributed by atoms with van der Waals surface area (Å²) in [6, 6.07) is 11.8. The lowest BCUT2D eigenvalue weighted by molar-refractivity contribution is -0.0461. The van der Waals surface area contributed by atoms with Crippen LogP contribution in [-0.4, -0.2) is 24.5 Å². The van der Waals surface area contributed by atoms with E-state index in [-0.39, 0.29) is 6.29 Å². The van der Waals surface area contributed by atoms with Crippen molar-refractivity contribution in [3.05, 3.63) is 58.9 Å². The molecular weight excluding hydrogens is 360 g/mol. The van der Waals surface area contributed by atoms with Gasteiger partial charge in [0.1, 0.15) is 11.3 Å². The van der Waals surface area contributed by atoms with E-state index in [0.29, 0.717) is 29.9 Å². The van der Waals surface area contributed by atoms with Crippen molar-refractivity contribution in [2.45, 2.75) is 19.1 Å². The van der Waals surface area contributed by atoms with Crippen molar-refractivity contribution in [2.75, 3.05) is 13.2 Å². The monoisotopic (exact) mass is 378 g/mol. The van der Waals surface area contributed by atoms with Gasteiger partial charge in [0.2, 0.25) is 0 Å². The predicted molar refractivity (Wildman–Crippen MR) is 105 cm³/mol. The topological polar surface area (TPSA) is 68.3 Å². The van der Waals surface area contributed by atoms with Crippen molar-refractivity contribution in [1.29, 1.82) is 5.41 Å². The smallest absolute Gasteiger partial charge is 0.158 e. The maximum Gasteiger partial charge on any atom is 0.158 e. The average Bonchev–Trinajstić information content (AvgIpc) is 3.37. The molecule has 1 aliphatic rings. The number of ether oxygens (including phenoxy) is 2. The molecule has 5 rings (SSSR count). The van der Waals surface area contributed by atoms with Crippen molar-refractivity contribution in [1.82, 2.24) is 4.98 Å². The van der Waals surface area contributed by atoms with Crippen LogP contribution in [0.15, 0.2) is 52.4 Å². The van der Waals surface area contributed by atoms with Gasteiger partial charge in [-0.25, -0.2) is 0 Å². The maximum atomic E-state index is 8.45. The molecule has 5 nitrogen and oxygen atoms in total. The number of pyridine rings is 1. The summed E-state index contributed by atoms with van der Waals surface area (Å²) < 4.78 is 18.2. The molecule has 0 amide bonds. The summed E-state index contributed by atoms with van der Waals surface area (Å²) in [6.07, 6.45) is 3.40. The average molecular weight is 378 g/mol. The Morgan fingerprint density at radius 1 is 1.11 bits per heavy atom. The van der Waals surface area contributed by atoms with E-state index in [4.69, 9.17) is 19.3 Å². The predicted octanol–water partition coefficient (Wildman–Crippen LogP) is 4.49. The van der Waals surface area contributed by atoms with Crippen LogP contribution < -0.4 is 5.36 Å². The van der Waals surface area contributed by atoms with Crippen molar-refractivity contribution >= 4 is 32.4 Å². The van der Waals surface area contributed by atoms with Gasteiger partial charge in [-0.05, 0) is 41.6 Å². The Bertz CT molecular complexity index is 1170. The molecule has 0 radical (unpaired) electrons. The van der Waals surface area contributed by atoms with E-state index in [0.717, 1.165) is 39.6 Å². The summed E-state index contributed by atoms with van der Waals surface area (Å²) >= 11 is 1.67. The van der Waals surface area contributed by atoms with Crippen LogP contribution in [0.5, 0.6) is 0 Å². The molecule has 4 aromatic rings. The fraction of sp³-hybridized carbons (Fsp3) is 0.238. The first kappa shape index (κ1) is 16.6. The molecule has 1 fully saturated rings. The number of nitrogens with one attached hydrogen (secondary N) is 1. The third-order valence-corrected chi connectivity index (χ3v) is 5.66. The third kappa shape index (κ3) is 3.27. The lowest BCUT2D eigenvalue weighted by Crippen LogP contribution is -2.09. The van der Waals surface area contributed by atoms with Gasteiger partial charge in [0.25, 0.3) is 0 Å². The summed E-state index contributed by atoms with van der Waals surface area (Å²) in [4.78, 5) is 4.49. The van der Waals surface area contributed by atoms with Gasteiger partial charge in [-0.2, -0.15) is 0 Å². The van der Waals surface area contributed by atoms with Crippen LogP contribution >= 0.6 is 11.3 Å². The van der Waals surface area contributed by atoms with E-state index in [2.05, 4.69) is 4.98 Å². The number of benzene rings is 1. The zero-order chi connectivity index (χ0) is 18.2. The standard InChI is InChI=1S/C21H18N2O3S/c22-16-10-19(17-11-20-14(12-23-17)5-8-27-20)26-18-3-1-13(9-15(16)18)2-4-21-24-6-7-25-21/h1,3,5,8-12,21-22H,2,4,6-7H2. The Hall–Kier alpha value is -2.54. The fourth-order valence-electron chi connectivity index (χ4n) is 3.36. The highest BCUT2D eigenvalue weighted by Crippen LogP contribution is 2.27. The van der Waals surface area contributed by atoms with Crippen LogP contribution in [0.1, 0.15) is 12.0 Å². The molecule has 3 aromatic heterocycles. The summed E-state index contributed by atoms with van der Waals surface area (Å²) in [6.45, 7) is 1.35. The molecule has 0 saturated carbocycles. The van der Waals surface area contributed by atoms with Gasteiger partial charge >= 0.3 is 0 Å². The number of nitrogens with zero attached hydrogens (tertiary/aromatic N) is 1. The number of fused-ring (bicyclic) bond motifs is 2. The number of hydrogen-bond donors (Lipinski definition) is 1. The van der Waals surface area contributed by atoms with E-state index in [1.807, 2.05) is 41.9 Å². The van der Waals surface area contributed by atoms with Gasteiger partial charge in [0, 0.05) is 34.2 Å². The zero-order valence-electron chi connectivity index (χ0n) is 14.6. The van der Waals surface area contributed by atoms with E-state index < -0.39 is 0 Å². The summed E-state index contributed by atoms with van der Waals surface area (Å²) in [5.41, 5.74) is 2.60. The first-order chi connectivity index (χ1) is 13.3. The highest BCUT2D eigenvalue weighted by Gasteiger charge is 2.16. The quantitative estimate of drug-likeness (QED) is 0.568. The second-order valence-electron chi connectivity index (χ2n) is 6.59. The second-order valence-corrected chi connectivity index (χ2v) is 7.54. The van der Waals surface area contributed by atoms with Crippen LogP contribution in [0.4, 0.5) is 0 Å². The molecule has 4 heterocycles. The highest BCUT2D eigenvalue weighted by atomic mass is 32.1. The fourth-order valence-corrected chi connectivity index (χ4v) is 4.16. The molecular formula is C21H18N2O3S. The van der Waals surface area contributed by atoms with Gasteiger partial charge in [-0.15, -0.1) is 11.3 Å². The van der Waals surface area contributed by atoms with Gasteiger partial charge in [-0.1, -0.05) is 6.07 Å². The number of hydrogen-bond acceptors (Lipinski definition) is 6. The molecule has 0 unspecified atom stereocenters. The van der Waals surface area contributed by atoms with Crippen molar-refractivity contribution in [3.8, 4) is 11.5 Å². The second kappa shape index (κ2) is 6.88. The molecule has 1 saturated heterocycles. The lowest BCUT2D eigenvalue weighted by atomic mass is 10.1. The number of thiophene rings is 1. The van der Waals surface area contributed by atoms with Gasteiger partial charge in [0.15, 0.2) is 12.1 Å². The van der Waals surface area contributed by atoms with Crippen molar-refractivity contribution < 1.29 is 13.9 Å². The van der Waals surface area contributed by atoms with Gasteiger partial charge < -0.3 is 13.9 Å². The van der Waals surface area contributed by atoms with Crippen LogP contribution in [0.25, 0.3) is 32.5 Å². The van der Waals surface area contributed by atoms with Gasteiger partial charge in [0.05, 0.1) is 18.6 Å². The third-order valence-electron chi connectivity index (χ3n) is 4.78. The maximum absolute atomic E-state index is 8.45. The summed E-state index contributed by atoms with van der Waals surface area (Å²) in [5.74, 6) is 0.614. The van der Waals surface area contributed by atoms with Gasteiger partial charge in [-0.3, -0.25) is 10.4 Å². The number of rotatable bonds is 4. The van der Waals surface area contributed by atoms with Crippen molar-refractivity contribution in [2.24, 2.45) is 0 Å². The number of aryl methyl sites for hydroxylation is 1. The summed E-state index contributed by atoms with van der Waals surface area (Å²) in [5, 5.41) is 12.9. The van der Waals surface area contributed by atoms with E-state index >= 15 is 0 Å². The van der Waals surface area contributed by atoms with Crippen LogP contribution in [-0.2, 0) is 15.9 Å². The molecule has 0 aliphatic carbocycles. The Morgan fingerprint density at radius 3 is 2.89 bits per heavy atom. The summed E-state index contributed by atoms with van der Waals surface area (Å²) in [7, 11) is 0. The first-order valence-electron chi connectivity index (χ1n) is 8.94. The zero-order valence-corrected chi connectivity index (χ0v) is 15.4. The van der Waals surface area contributed by atoms with Crippen LogP contribution in [0.3, 0.4) is 0 Å². The Morgan fingerprint density at radius 2 is 2.00 bits per heavy atom. The highest BCUT2D eigenvalue weighted by molar-refractivity contribution is 7.17. The minimum atomic E-state index is -0.110.